The lowest BCUT2D eigenvalue weighted by Crippen LogP contribution is -2.64. The maximum Gasteiger partial charge on any atom is 0.222 e. The van der Waals surface area contributed by atoms with Gasteiger partial charge in [0.25, 0.3) is 0 Å². The molecule has 0 radical (unpaired) electrons. The molecule has 3 heterocycles. The Morgan fingerprint density at radius 1 is 0.322 bits per heavy atom. The summed E-state index contributed by atoms with van der Waals surface area (Å²) in [5.41, 5.74) is -1.29. The molecule has 670 valence electrons. The van der Waals surface area contributed by atoms with Gasteiger partial charge in [-0.1, -0.05) is 167 Å². The average molecular weight is 1650 g/mol. The fourth-order valence-electron chi connectivity index (χ4n) is 14.3. The van der Waals surface area contributed by atoms with E-state index in [0.29, 0.717) is 39.2 Å². The van der Waals surface area contributed by atoms with Crippen molar-refractivity contribution >= 4 is 47.0 Å². The van der Waals surface area contributed by atoms with Crippen molar-refractivity contribution in [3.8, 4) is 0 Å². The van der Waals surface area contributed by atoms with Crippen LogP contribution < -0.4 is 31.9 Å². The van der Waals surface area contributed by atoms with Crippen LogP contribution in [0, 0.1) is 0 Å². The van der Waals surface area contributed by atoms with E-state index >= 15 is 0 Å². The number of amides is 6. The zero-order valence-corrected chi connectivity index (χ0v) is 69.7. The number of ether oxygens (including phenoxy) is 10. The predicted octanol–water partition coefficient (Wildman–Crippen LogP) is 4.35. The van der Waals surface area contributed by atoms with Crippen LogP contribution in [0.3, 0.4) is 0 Å². The van der Waals surface area contributed by atoms with E-state index in [0.717, 1.165) is 205 Å². The van der Waals surface area contributed by atoms with Gasteiger partial charge in [-0.05, 0) is 44.9 Å². The number of hydrogen-bond donors (Lipinski definition) is 15. The normalized spacial score (nSPS) is 24.1. The number of aliphatic hydroxyl groups excluding tert-OH is 9. The third-order valence-electron chi connectivity index (χ3n) is 21.0. The zero-order chi connectivity index (χ0) is 84.3. The molecule has 0 aromatic heterocycles. The topological polar surface area (TPSA) is 483 Å². The molecule has 3 aliphatic heterocycles. The van der Waals surface area contributed by atoms with E-state index in [2.05, 4.69) is 31.9 Å². The Balaban J connectivity index is 1.43. The monoisotopic (exact) mass is 1650 g/mol. The molecule has 0 aliphatic carbocycles. The fourth-order valence-corrected chi connectivity index (χ4v) is 14.3. The number of nitrogens with one attached hydrogen (secondary N) is 6. The van der Waals surface area contributed by atoms with Crippen LogP contribution in [0.15, 0.2) is 0 Å². The Hall–Kier alpha value is -4.60. The summed E-state index contributed by atoms with van der Waals surface area (Å²) < 4.78 is 57.9. The molecule has 115 heavy (non-hydrogen) atoms. The van der Waals surface area contributed by atoms with Gasteiger partial charge in [-0.25, -0.2) is 0 Å². The number of aliphatic hydroxyl groups is 9. The molecule has 0 saturated carbocycles. The third kappa shape index (κ3) is 47.3. The third-order valence-corrected chi connectivity index (χ3v) is 21.0. The molecule has 15 unspecified atom stereocenters. The van der Waals surface area contributed by atoms with Gasteiger partial charge in [0.05, 0.1) is 59.5 Å². The maximum atomic E-state index is 13.8. The molecule has 33 nitrogen and oxygen atoms in total. The first kappa shape index (κ1) is 105. The Morgan fingerprint density at radius 3 is 0.922 bits per heavy atom. The first-order valence-electron chi connectivity index (χ1n) is 43.1. The van der Waals surface area contributed by atoms with Crippen molar-refractivity contribution in [3.05, 3.63) is 0 Å². The summed E-state index contributed by atoms with van der Waals surface area (Å²) in [6.07, 6.45) is 18.6. The molecule has 3 fully saturated rings. The molecule has 3 rings (SSSR count). The van der Waals surface area contributed by atoms with Crippen LogP contribution in [0.25, 0.3) is 0 Å². The number of unbranched alkanes of at least 4 members (excludes halogenated alkanes) is 29. The van der Waals surface area contributed by atoms with Gasteiger partial charge in [0.1, 0.15) is 96.9 Å². The van der Waals surface area contributed by atoms with Crippen LogP contribution in [0.2, 0.25) is 0 Å². The molecular formula is C82H150N6O27. The largest absolute Gasteiger partial charge is 0.394 e. The molecule has 3 saturated heterocycles. The number of methoxy groups -OCH3 is 1. The SMILES string of the molecule is COCNC(=O)CCCC(=O)NC(COCCC(=O)CCCCCCCCCCCCCOC1OC(CO)C(O)C(O)C1NC(C)=O)(COCCC(=O)CCCCCCCCCCCCCOC1OC(CO)C(O)C(O)C1NC(C)=O)COCCC(=O)NCCCCCCCCCCCCOC1OC(CO)C(O)C(O)C1NC(C)=O. The van der Waals surface area contributed by atoms with E-state index in [-0.39, 0.29) is 108 Å². The molecule has 33 heteroatoms. The smallest absolute Gasteiger partial charge is 0.222 e. The number of ketones is 2. The van der Waals surface area contributed by atoms with E-state index in [1.165, 1.54) is 27.9 Å². The molecule has 3 aliphatic rings. The van der Waals surface area contributed by atoms with Crippen molar-refractivity contribution in [2.45, 2.75) is 375 Å². The summed E-state index contributed by atoms with van der Waals surface area (Å²) in [6.45, 7) is 3.74. The highest BCUT2D eigenvalue weighted by molar-refractivity contribution is 5.80. The van der Waals surface area contributed by atoms with Crippen molar-refractivity contribution in [1.29, 1.82) is 0 Å². The minimum atomic E-state index is -1.37. The van der Waals surface area contributed by atoms with E-state index in [1.54, 1.807) is 0 Å². The van der Waals surface area contributed by atoms with E-state index in [4.69, 9.17) is 47.4 Å². The van der Waals surface area contributed by atoms with Gasteiger partial charge in [0, 0.05) is 99.2 Å². The van der Waals surface area contributed by atoms with Crippen LogP contribution in [-0.4, -0.2) is 290 Å². The van der Waals surface area contributed by atoms with Gasteiger partial charge in [-0.15, -0.1) is 0 Å². The van der Waals surface area contributed by atoms with Gasteiger partial charge in [0.15, 0.2) is 18.9 Å². The molecule has 15 N–H and O–H groups in total. The Kier molecular flexibility index (Phi) is 59.3. The summed E-state index contributed by atoms with van der Waals surface area (Å²) in [5, 5.41) is 107. The standard InChI is InChI=1S/C82H150N6O27/c1-59(92)85-70-76(103)73(100)64(52-89)113-79(70)110-46-34-28-22-16-10-5-7-13-19-25-31-38-62(95)42-49-107-55-82(88-69(99)41-37-40-67(97)84-58-106-4,56-108-50-43-63(96)39-32-26-20-14-8-6-11-17-23-29-35-47-111-80-71(86-60(2)93)77(104)74(101)65(53-90)114-80)57-109-51-44-68(98)83-45-33-27-21-15-9-12-18-24-30-36-48-112-81-72(87-61(3)94)78(105)75(102)66(54-91)115-81/h64-66,70-81,89-91,100-105H,5-58H2,1-4H3,(H,83,98)(H,84,97)(H,85,92)(H,86,93)(H,87,94)(H,88,99). The molecule has 0 spiro atoms. The molecule has 0 aromatic rings. The van der Waals surface area contributed by atoms with Crippen molar-refractivity contribution in [1.82, 2.24) is 31.9 Å². The van der Waals surface area contributed by atoms with E-state index < -0.39 is 141 Å². The predicted molar refractivity (Wildman–Crippen MR) is 425 cm³/mol. The van der Waals surface area contributed by atoms with Crippen LogP contribution >= 0.6 is 0 Å². The summed E-state index contributed by atoms with van der Waals surface area (Å²) >= 11 is 0. The van der Waals surface area contributed by atoms with Gasteiger partial charge in [-0.3, -0.25) is 38.4 Å². The Bertz CT molecular complexity index is 2350. The van der Waals surface area contributed by atoms with Crippen LogP contribution in [0.5, 0.6) is 0 Å². The number of hydrogen-bond acceptors (Lipinski definition) is 27. The lowest BCUT2D eigenvalue weighted by molar-refractivity contribution is -0.270. The van der Waals surface area contributed by atoms with Crippen molar-refractivity contribution in [2.24, 2.45) is 0 Å². The second-order valence-electron chi connectivity index (χ2n) is 31.3. The van der Waals surface area contributed by atoms with Crippen LogP contribution in [-0.2, 0) is 85.7 Å². The lowest BCUT2D eigenvalue weighted by Gasteiger charge is -2.42. The maximum absolute atomic E-state index is 13.8. The van der Waals surface area contributed by atoms with Crippen LogP contribution in [0.1, 0.15) is 278 Å². The minimum absolute atomic E-state index is 0.0133. The molecule has 15 atom stereocenters. The molecule has 6 amide bonds. The van der Waals surface area contributed by atoms with Crippen molar-refractivity contribution in [2.75, 3.05) is 99.7 Å². The van der Waals surface area contributed by atoms with Gasteiger partial charge < -0.3 is 125 Å². The summed E-state index contributed by atoms with van der Waals surface area (Å²) in [5.74, 6) is -1.97. The Morgan fingerprint density at radius 2 is 0.609 bits per heavy atom. The lowest BCUT2D eigenvalue weighted by atomic mass is 9.97. The van der Waals surface area contributed by atoms with Gasteiger partial charge in [0.2, 0.25) is 35.4 Å². The number of carbonyl (C=O) groups excluding carboxylic acids is 8. The second-order valence-corrected chi connectivity index (χ2v) is 31.3. The van der Waals surface area contributed by atoms with E-state index in [9.17, 15) is 84.3 Å². The highest BCUT2D eigenvalue weighted by Crippen LogP contribution is 2.27. The van der Waals surface area contributed by atoms with E-state index in [1.807, 2.05) is 0 Å². The summed E-state index contributed by atoms with van der Waals surface area (Å²) in [4.78, 5) is 101. The molecule has 0 aromatic carbocycles. The molecule has 0 bridgehead atoms. The summed E-state index contributed by atoms with van der Waals surface area (Å²) in [7, 11) is 1.46. The highest BCUT2D eigenvalue weighted by Gasteiger charge is 2.48. The highest BCUT2D eigenvalue weighted by atomic mass is 16.7. The second kappa shape index (κ2) is 65.2. The first-order chi connectivity index (χ1) is 55.5. The van der Waals surface area contributed by atoms with Crippen LogP contribution in [0.4, 0.5) is 0 Å². The number of carbonyl (C=O) groups is 8. The van der Waals surface area contributed by atoms with Gasteiger partial charge in [-0.2, -0.15) is 0 Å². The molecular weight excluding hydrogens is 1500 g/mol. The van der Waals surface area contributed by atoms with Crippen molar-refractivity contribution < 1.29 is 132 Å². The zero-order valence-electron chi connectivity index (χ0n) is 69.7. The van der Waals surface area contributed by atoms with Crippen molar-refractivity contribution in [3.63, 3.8) is 0 Å². The van der Waals surface area contributed by atoms with Gasteiger partial charge >= 0.3 is 0 Å². The average Bonchev–Trinajstić information content (AvgIpc) is 0.817. The first-order valence-corrected chi connectivity index (χ1v) is 43.1. The summed E-state index contributed by atoms with van der Waals surface area (Å²) in [6, 6.07) is -2.89. The minimum Gasteiger partial charge on any atom is -0.394 e. The number of Topliss-reactive ketones (excluding diaryl/α,β-unsaturated/α-hetero) is 2. The quantitative estimate of drug-likeness (QED) is 0.0297. The Labute approximate surface area is 682 Å². The number of rotatable bonds is 72. The fraction of sp³-hybridized carbons (Fsp3) is 0.902.